The van der Waals surface area contributed by atoms with E-state index >= 15 is 0 Å². The number of rotatable bonds is 12. The van der Waals surface area contributed by atoms with Gasteiger partial charge in [-0.15, -0.1) is 0 Å². The van der Waals surface area contributed by atoms with Crippen molar-refractivity contribution in [3.63, 3.8) is 0 Å². The normalized spacial score (nSPS) is 11.4. The van der Waals surface area contributed by atoms with Crippen molar-refractivity contribution in [2.24, 2.45) is 0 Å². The van der Waals surface area contributed by atoms with E-state index in [4.69, 9.17) is 0 Å². The predicted molar refractivity (Wildman–Crippen MR) is 556 cm³/mol. The highest BCUT2D eigenvalue weighted by atomic mass is 14.3. The van der Waals surface area contributed by atoms with E-state index in [0.29, 0.717) is 0 Å². The van der Waals surface area contributed by atoms with Gasteiger partial charge in [0.05, 0.1) is 0 Å². The Hall–Kier alpha value is -16.6. The fourth-order valence-corrected chi connectivity index (χ4v) is 20.2. The van der Waals surface area contributed by atoms with Gasteiger partial charge in [0.1, 0.15) is 0 Å². The summed E-state index contributed by atoms with van der Waals surface area (Å²) in [6, 6.07) is 186. The number of benzene rings is 25. The van der Waals surface area contributed by atoms with E-state index in [2.05, 4.69) is 510 Å². The molecule has 0 aliphatic rings. The Bertz CT molecular complexity index is 8440. The fraction of sp³-hybridized carbons (Fsp3) is 0.00775. The van der Waals surface area contributed by atoms with Gasteiger partial charge in [0.2, 0.25) is 0 Å². The molecule has 0 fully saturated rings. The topological polar surface area (TPSA) is 0 Å². The lowest BCUT2D eigenvalue weighted by Crippen LogP contribution is -1.93. The molecule has 0 heteroatoms. The lowest BCUT2D eigenvalue weighted by Gasteiger charge is -2.20. The Labute approximate surface area is 751 Å². The Morgan fingerprint density at radius 1 is 0.101 bits per heavy atom. The van der Waals surface area contributed by atoms with Crippen LogP contribution in [0.2, 0.25) is 0 Å². The average molecular weight is 1640 g/mol. The number of hydrogen-bond acceptors (Lipinski definition) is 0. The monoisotopic (exact) mass is 1630 g/mol. The lowest BCUT2D eigenvalue weighted by atomic mass is 9.83. The Morgan fingerprint density at radius 2 is 0.333 bits per heavy atom. The number of hydrogen-bond donors (Lipinski definition) is 0. The molecule has 0 nitrogen and oxygen atoms in total. The first-order valence-corrected chi connectivity index (χ1v) is 44.8. The minimum Gasteiger partial charge on any atom is -0.0622 e. The third kappa shape index (κ3) is 14.8. The maximum atomic E-state index is 2.39. The van der Waals surface area contributed by atoms with Gasteiger partial charge in [0.15, 0.2) is 0 Å². The van der Waals surface area contributed by atoms with Crippen LogP contribution < -0.4 is 0 Å². The molecular formula is C129H86. The van der Waals surface area contributed by atoms with Crippen LogP contribution in [-0.4, -0.2) is 0 Å². The fourth-order valence-electron chi connectivity index (χ4n) is 20.2. The molecule has 0 unspecified atom stereocenters. The maximum absolute atomic E-state index is 2.39. The second-order valence-electron chi connectivity index (χ2n) is 34.0. The van der Waals surface area contributed by atoms with Gasteiger partial charge < -0.3 is 0 Å². The molecule has 129 heavy (non-hydrogen) atoms. The van der Waals surface area contributed by atoms with Crippen LogP contribution in [0.5, 0.6) is 0 Å². The first-order chi connectivity index (χ1) is 64.0. The first-order valence-electron chi connectivity index (χ1n) is 44.8. The summed E-state index contributed by atoms with van der Waals surface area (Å²) in [7, 11) is 0. The van der Waals surface area contributed by atoms with Gasteiger partial charge in [0, 0.05) is 0 Å². The van der Waals surface area contributed by atoms with Crippen molar-refractivity contribution in [2.75, 3.05) is 0 Å². The van der Waals surface area contributed by atoms with E-state index in [1.165, 1.54) is 241 Å². The largest absolute Gasteiger partial charge is 0.0622 e. The van der Waals surface area contributed by atoms with Crippen molar-refractivity contribution >= 4 is 118 Å². The van der Waals surface area contributed by atoms with Crippen molar-refractivity contribution in [2.45, 2.75) is 6.42 Å². The Morgan fingerprint density at radius 3 is 0.705 bits per heavy atom. The molecule has 0 spiro atoms. The summed E-state index contributed by atoms with van der Waals surface area (Å²) >= 11 is 0. The molecule has 0 aliphatic heterocycles. The molecule has 0 saturated heterocycles. The highest BCUT2D eigenvalue weighted by molar-refractivity contribution is 6.26. The van der Waals surface area contributed by atoms with Crippen LogP contribution in [0.1, 0.15) is 11.1 Å². The van der Waals surface area contributed by atoms with Crippen molar-refractivity contribution in [1.29, 1.82) is 0 Å². The molecule has 25 rings (SSSR count). The van der Waals surface area contributed by atoms with Crippen LogP contribution in [0.4, 0.5) is 0 Å². The van der Waals surface area contributed by atoms with Crippen LogP contribution in [0.3, 0.4) is 0 Å². The van der Waals surface area contributed by atoms with E-state index in [9.17, 15) is 0 Å². The zero-order chi connectivity index (χ0) is 85.5. The van der Waals surface area contributed by atoms with Crippen molar-refractivity contribution < 1.29 is 0 Å². The standard InChI is InChI=1S/C46H30.C42H28.C41H28/c1-2-12-31(13-3-1)38-28-39(36-24-22-32-14-4-6-16-34(32)26-36)30-40(29-38)46-43-20-10-8-18-41(43)45(42-19-9-11-21-44(42)46)37-25-23-33-15-5-7-17-35(33)27-37;1-3-13-29(14-4-1)33-25-26-39(40(28-33)31-16-5-2-6-17-31)42-37-21-11-9-19-35(37)41(36-20-10-12-22-38(36)42)34-24-23-30-15-7-8-18-32(30)27-34;1-3-11-33-26-29(19-20-30(33)9-1)25-28-17-21-32(22-18-28)40-36-13-5-7-15-38(36)41(39-16-8-6-14-37(39)40)35-24-23-31-10-2-4-12-34(31)27-35/h1-30H;1-28H;1-24,26-27H,25H2. The summed E-state index contributed by atoms with van der Waals surface area (Å²) in [4.78, 5) is 0. The summed E-state index contributed by atoms with van der Waals surface area (Å²) in [5.41, 5.74) is 27.7. The summed E-state index contributed by atoms with van der Waals surface area (Å²) < 4.78 is 0. The molecule has 602 valence electrons. The van der Waals surface area contributed by atoms with Gasteiger partial charge >= 0.3 is 0 Å². The first kappa shape index (κ1) is 77.2. The summed E-state index contributed by atoms with van der Waals surface area (Å²) in [5, 5.41) is 28.0. The van der Waals surface area contributed by atoms with E-state index in [1.54, 1.807) is 0 Å². The van der Waals surface area contributed by atoms with Crippen molar-refractivity contribution in [3.8, 4) is 111 Å². The highest BCUT2D eigenvalue weighted by Crippen LogP contribution is 2.51. The average Bonchev–Trinajstić information content (AvgIpc) is 0.737. The molecule has 0 amide bonds. The Kier molecular flexibility index (Phi) is 20.2. The molecule has 0 radical (unpaired) electrons. The second kappa shape index (κ2) is 33.8. The van der Waals surface area contributed by atoms with Crippen LogP contribution in [0.25, 0.3) is 230 Å². The van der Waals surface area contributed by atoms with Crippen LogP contribution >= 0.6 is 0 Å². The molecule has 0 heterocycles. The smallest absolute Gasteiger partial charge is 0.00201 e. The molecular weight excluding hydrogens is 1550 g/mol. The van der Waals surface area contributed by atoms with E-state index in [0.717, 1.165) is 6.42 Å². The minimum absolute atomic E-state index is 0.924. The summed E-state index contributed by atoms with van der Waals surface area (Å²) in [5.74, 6) is 0. The molecule has 25 aromatic carbocycles. The molecule has 0 saturated carbocycles. The lowest BCUT2D eigenvalue weighted by molar-refractivity contribution is 1.20. The quantitative estimate of drug-likeness (QED) is 0.107. The van der Waals surface area contributed by atoms with E-state index in [-0.39, 0.29) is 0 Å². The SMILES string of the molecule is c1ccc(-c2cc(-c3ccc4ccccc4c3)cc(-c3c4ccccc4c(-c4ccc5ccccc5c4)c4ccccc34)c2)cc1.c1ccc(-c2ccc(-c3c4ccccc4c(-c4ccc5ccccc5c4)c4ccccc34)c(-c3ccccc3)c2)cc1.c1ccc2cc(Cc3ccc(-c4c5ccccc5c(-c5ccc6ccccc6c5)c5ccccc45)cc3)ccc2c1. The van der Waals surface area contributed by atoms with Gasteiger partial charge in [-0.25, -0.2) is 0 Å². The van der Waals surface area contributed by atoms with Crippen LogP contribution in [-0.2, 0) is 6.42 Å². The van der Waals surface area contributed by atoms with Gasteiger partial charge in [0.25, 0.3) is 0 Å². The van der Waals surface area contributed by atoms with Crippen molar-refractivity contribution in [3.05, 3.63) is 521 Å². The third-order valence-corrected chi connectivity index (χ3v) is 26.3. The summed E-state index contributed by atoms with van der Waals surface area (Å²) in [6.07, 6.45) is 0.924. The van der Waals surface area contributed by atoms with Crippen LogP contribution in [0, 0.1) is 0 Å². The molecule has 0 bridgehead atoms. The minimum atomic E-state index is 0.924. The zero-order valence-corrected chi connectivity index (χ0v) is 71.2. The molecule has 0 aromatic heterocycles. The molecule has 0 N–H and O–H groups in total. The second-order valence-corrected chi connectivity index (χ2v) is 34.0. The maximum Gasteiger partial charge on any atom is -0.00201 e. The van der Waals surface area contributed by atoms with Crippen LogP contribution in [0.15, 0.2) is 510 Å². The molecule has 25 aromatic rings. The zero-order valence-electron chi connectivity index (χ0n) is 71.2. The Balaban J connectivity index is 0.000000111. The molecule has 0 atom stereocenters. The van der Waals surface area contributed by atoms with Gasteiger partial charge in [-0.05, 0) is 296 Å². The summed E-state index contributed by atoms with van der Waals surface area (Å²) in [6.45, 7) is 0. The van der Waals surface area contributed by atoms with E-state index < -0.39 is 0 Å². The van der Waals surface area contributed by atoms with Gasteiger partial charge in [-0.3, -0.25) is 0 Å². The third-order valence-electron chi connectivity index (χ3n) is 26.3. The predicted octanol–water partition coefficient (Wildman–Crippen LogP) is 36.0. The van der Waals surface area contributed by atoms with Gasteiger partial charge in [-0.2, -0.15) is 0 Å². The van der Waals surface area contributed by atoms with Gasteiger partial charge in [-0.1, -0.05) is 461 Å². The van der Waals surface area contributed by atoms with Crippen molar-refractivity contribution in [1.82, 2.24) is 0 Å². The number of fused-ring (bicyclic) bond motifs is 11. The molecule has 0 aliphatic carbocycles. The van der Waals surface area contributed by atoms with E-state index in [1.807, 2.05) is 0 Å². The highest BCUT2D eigenvalue weighted by Gasteiger charge is 2.24.